The van der Waals surface area contributed by atoms with Gasteiger partial charge >= 0.3 is 5.97 Å². The van der Waals surface area contributed by atoms with Gasteiger partial charge in [0.2, 0.25) is 0 Å². The maximum absolute atomic E-state index is 13.2. The number of nitrogens with two attached hydrogens (primary N) is 1. The summed E-state index contributed by atoms with van der Waals surface area (Å²) in [6, 6.07) is 6.22. The van der Waals surface area contributed by atoms with Crippen LogP contribution in [0.2, 0.25) is 0 Å². The Morgan fingerprint density at radius 2 is 1.90 bits per heavy atom. The summed E-state index contributed by atoms with van der Waals surface area (Å²) < 4.78 is 0. The van der Waals surface area contributed by atoms with Crippen molar-refractivity contribution in [3.05, 3.63) is 36.0 Å². The summed E-state index contributed by atoms with van der Waals surface area (Å²) in [6.45, 7) is 0.639. The smallest absolute Gasteiger partial charge is 0.326 e. The summed E-state index contributed by atoms with van der Waals surface area (Å²) in [6.07, 6.45) is 7.46. The first-order valence-corrected chi connectivity index (χ1v) is 10.4. The van der Waals surface area contributed by atoms with Crippen molar-refractivity contribution < 1.29 is 19.5 Å². The highest BCUT2D eigenvalue weighted by molar-refractivity contribution is 6.45. The van der Waals surface area contributed by atoms with E-state index in [4.69, 9.17) is 5.73 Å². The van der Waals surface area contributed by atoms with Crippen LogP contribution in [-0.2, 0) is 9.59 Å². The molecule has 1 aromatic carbocycles. The first kappa shape index (κ1) is 21.0. The molecule has 1 aliphatic carbocycles. The standard InChI is InChI=1S/C22H29N3O4/c23-12-6-11-19(22(28)29)25(14-15-7-2-1-3-8-15)21(27)20(26)17-13-24-18-10-5-4-9-16(17)18/h4-5,9-10,13,15,19,24H,1-3,6-8,11-12,14,23H2,(H,28,29). The fourth-order valence-corrected chi connectivity index (χ4v) is 4.23. The molecule has 1 aliphatic rings. The zero-order valence-corrected chi connectivity index (χ0v) is 16.6. The Morgan fingerprint density at radius 1 is 1.17 bits per heavy atom. The molecule has 7 heteroatoms. The largest absolute Gasteiger partial charge is 0.480 e. The fourth-order valence-electron chi connectivity index (χ4n) is 4.23. The van der Waals surface area contributed by atoms with Gasteiger partial charge in [0.25, 0.3) is 11.7 Å². The van der Waals surface area contributed by atoms with Crippen molar-refractivity contribution in [2.75, 3.05) is 13.1 Å². The number of carbonyl (C=O) groups excluding carboxylic acids is 2. The van der Waals surface area contributed by atoms with Crippen molar-refractivity contribution in [1.82, 2.24) is 9.88 Å². The van der Waals surface area contributed by atoms with Gasteiger partial charge < -0.3 is 20.7 Å². The van der Waals surface area contributed by atoms with E-state index in [1.165, 1.54) is 11.1 Å². The Labute approximate surface area is 170 Å². The number of Topliss-reactive ketones (excluding diaryl/α,β-unsaturated/α-hetero) is 1. The lowest BCUT2D eigenvalue weighted by atomic mass is 9.88. The highest BCUT2D eigenvalue weighted by Gasteiger charge is 2.35. The number of benzene rings is 1. The van der Waals surface area contributed by atoms with Crippen LogP contribution in [-0.4, -0.2) is 51.8 Å². The Morgan fingerprint density at radius 3 is 2.59 bits per heavy atom. The van der Waals surface area contributed by atoms with E-state index in [0.29, 0.717) is 24.9 Å². The second-order valence-electron chi connectivity index (χ2n) is 7.82. The molecule has 0 spiro atoms. The molecule has 1 heterocycles. The Kier molecular flexibility index (Phi) is 7.04. The summed E-state index contributed by atoms with van der Waals surface area (Å²) >= 11 is 0. The van der Waals surface area contributed by atoms with Crippen LogP contribution < -0.4 is 5.73 Å². The molecule has 29 heavy (non-hydrogen) atoms. The van der Waals surface area contributed by atoms with Crippen molar-refractivity contribution in [3.63, 3.8) is 0 Å². The molecule has 1 unspecified atom stereocenters. The number of H-pyrrole nitrogens is 1. The Hall–Kier alpha value is -2.67. The van der Waals surface area contributed by atoms with Gasteiger partial charge in [0.15, 0.2) is 0 Å². The second kappa shape index (κ2) is 9.69. The summed E-state index contributed by atoms with van der Waals surface area (Å²) in [7, 11) is 0. The molecule has 7 nitrogen and oxygen atoms in total. The van der Waals surface area contributed by atoms with Crippen molar-refractivity contribution in [2.24, 2.45) is 11.7 Å². The normalized spacial score (nSPS) is 15.9. The van der Waals surface area contributed by atoms with Crippen LogP contribution in [0.25, 0.3) is 10.9 Å². The van der Waals surface area contributed by atoms with Crippen molar-refractivity contribution in [2.45, 2.75) is 51.0 Å². The topological polar surface area (TPSA) is 116 Å². The highest BCUT2D eigenvalue weighted by Crippen LogP contribution is 2.27. The number of aliphatic carboxylic acids is 1. The van der Waals surface area contributed by atoms with E-state index in [1.54, 1.807) is 12.1 Å². The monoisotopic (exact) mass is 399 g/mol. The zero-order chi connectivity index (χ0) is 20.8. The van der Waals surface area contributed by atoms with Gasteiger partial charge in [0.05, 0.1) is 5.56 Å². The number of hydrogen-bond acceptors (Lipinski definition) is 4. The van der Waals surface area contributed by atoms with Gasteiger partial charge in [-0.25, -0.2) is 4.79 Å². The predicted molar refractivity (Wildman–Crippen MR) is 111 cm³/mol. The number of carboxylic acid groups (broad SMARTS) is 1. The van der Waals surface area contributed by atoms with Gasteiger partial charge in [0.1, 0.15) is 6.04 Å². The molecular weight excluding hydrogens is 370 g/mol. The van der Waals surface area contributed by atoms with Gasteiger partial charge in [-0.15, -0.1) is 0 Å². The van der Waals surface area contributed by atoms with Crippen LogP contribution in [0.5, 0.6) is 0 Å². The molecule has 4 N–H and O–H groups in total. The van der Waals surface area contributed by atoms with Crippen LogP contribution in [0.3, 0.4) is 0 Å². The number of carboxylic acids is 1. The van der Waals surface area contributed by atoms with Gasteiger partial charge in [-0.1, -0.05) is 37.5 Å². The van der Waals surface area contributed by atoms with E-state index >= 15 is 0 Å². The van der Waals surface area contributed by atoms with Gasteiger partial charge in [-0.2, -0.15) is 0 Å². The minimum Gasteiger partial charge on any atom is -0.480 e. The molecule has 0 radical (unpaired) electrons. The molecule has 3 rings (SSSR count). The van der Waals surface area contributed by atoms with Crippen molar-refractivity contribution in [3.8, 4) is 0 Å². The number of rotatable bonds is 9. The maximum atomic E-state index is 13.2. The van der Waals surface area contributed by atoms with E-state index in [9.17, 15) is 19.5 Å². The molecule has 1 amide bonds. The third kappa shape index (κ3) is 4.85. The lowest BCUT2D eigenvalue weighted by molar-refractivity contribution is -0.149. The average Bonchev–Trinajstić information content (AvgIpc) is 3.17. The second-order valence-corrected chi connectivity index (χ2v) is 7.82. The fraction of sp³-hybridized carbons (Fsp3) is 0.500. The van der Waals surface area contributed by atoms with Crippen LogP contribution in [0.15, 0.2) is 30.5 Å². The number of nitrogens with zero attached hydrogens (tertiary/aromatic N) is 1. The summed E-state index contributed by atoms with van der Waals surface area (Å²) in [4.78, 5) is 42.6. The van der Waals surface area contributed by atoms with E-state index in [1.807, 2.05) is 12.1 Å². The molecule has 0 bridgehead atoms. The number of carbonyl (C=O) groups is 3. The van der Waals surface area contributed by atoms with Crippen LogP contribution in [0.1, 0.15) is 55.3 Å². The molecule has 156 valence electrons. The van der Waals surface area contributed by atoms with Crippen LogP contribution in [0, 0.1) is 5.92 Å². The predicted octanol–water partition coefficient (Wildman–Crippen LogP) is 2.95. The third-order valence-electron chi connectivity index (χ3n) is 5.81. The Balaban J connectivity index is 1.89. The van der Waals surface area contributed by atoms with E-state index in [0.717, 1.165) is 37.6 Å². The quantitative estimate of drug-likeness (QED) is 0.443. The molecule has 1 saturated carbocycles. The SMILES string of the molecule is NCCCC(C(=O)O)N(CC1CCCCC1)C(=O)C(=O)c1c[nH]c2ccccc12. The lowest BCUT2D eigenvalue weighted by Crippen LogP contribution is -2.50. The van der Waals surface area contributed by atoms with Crippen LogP contribution >= 0.6 is 0 Å². The van der Waals surface area contributed by atoms with Crippen molar-refractivity contribution in [1.29, 1.82) is 0 Å². The van der Waals surface area contributed by atoms with Gasteiger partial charge in [-0.3, -0.25) is 9.59 Å². The molecular formula is C22H29N3O4. The summed E-state index contributed by atoms with van der Waals surface area (Å²) in [5, 5.41) is 10.4. The summed E-state index contributed by atoms with van der Waals surface area (Å²) in [5.41, 5.74) is 6.61. The highest BCUT2D eigenvalue weighted by atomic mass is 16.4. The molecule has 0 aliphatic heterocycles. The number of aromatic nitrogens is 1. The Bertz CT molecular complexity index is 870. The molecule has 1 atom stereocenters. The minimum absolute atomic E-state index is 0.225. The lowest BCUT2D eigenvalue weighted by Gasteiger charge is -2.33. The number of para-hydroxylation sites is 1. The molecule has 0 saturated heterocycles. The first-order valence-electron chi connectivity index (χ1n) is 10.4. The van der Waals surface area contributed by atoms with E-state index in [-0.39, 0.29) is 17.9 Å². The number of amides is 1. The number of hydrogen-bond donors (Lipinski definition) is 3. The maximum Gasteiger partial charge on any atom is 0.326 e. The molecule has 1 fully saturated rings. The first-order chi connectivity index (χ1) is 14.0. The van der Waals surface area contributed by atoms with E-state index in [2.05, 4.69) is 4.98 Å². The minimum atomic E-state index is -1.09. The number of fused-ring (bicyclic) bond motifs is 1. The molecule has 1 aromatic heterocycles. The zero-order valence-electron chi connectivity index (χ0n) is 16.6. The van der Waals surface area contributed by atoms with Gasteiger partial charge in [0, 0.05) is 23.6 Å². The van der Waals surface area contributed by atoms with Gasteiger partial charge in [-0.05, 0) is 44.2 Å². The van der Waals surface area contributed by atoms with E-state index < -0.39 is 23.7 Å². The summed E-state index contributed by atoms with van der Waals surface area (Å²) in [5.74, 6) is -2.28. The number of nitrogens with one attached hydrogen (secondary N) is 1. The van der Waals surface area contributed by atoms with Crippen LogP contribution in [0.4, 0.5) is 0 Å². The number of ketones is 1. The number of aromatic amines is 1. The average molecular weight is 399 g/mol. The third-order valence-corrected chi connectivity index (χ3v) is 5.81. The van der Waals surface area contributed by atoms with Crippen molar-refractivity contribution >= 4 is 28.6 Å². The molecule has 2 aromatic rings.